The van der Waals surface area contributed by atoms with Gasteiger partial charge in [0.15, 0.2) is 0 Å². The number of nitrogens with two attached hydrogens (primary N) is 1. The summed E-state index contributed by atoms with van der Waals surface area (Å²) in [5, 5.41) is 0. The van der Waals surface area contributed by atoms with Gasteiger partial charge in [0.25, 0.3) is 0 Å². The lowest BCUT2D eigenvalue weighted by Gasteiger charge is -2.22. The van der Waals surface area contributed by atoms with Gasteiger partial charge in [-0.2, -0.15) is 0 Å². The van der Waals surface area contributed by atoms with Gasteiger partial charge in [0.2, 0.25) is 0 Å². The second kappa shape index (κ2) is 5.78. The van der Waals surface area contributed by atoms with Gasteiger partial charge in [0, 0.05) is 12.6 Å². The van der Waals surface area contributed by atoms with Crippen LogP contribution >= 0.6 is 0 Å². The summed E-state index contributed by atoms with van der Waals surface area (Å²) in [6, 6.07) is 10.4. The fourth-order valence-corrected chi connectivity index (χ4v) is 1.57. The number of nitrogens with zero attached hydrogens (tertiary/aromatic N) is 1. The zero-order valence-electron chi connectivity index (χ0n) is 9.11. The smallest absolute Gasteiger partial charge is 0.0424 e. The largest absolute Gasteiger partial charge is 0.323 e. The van der Waals surface area contributed by atoms with E-state index in [1.165, 1.54) is 5.56 Å². The molecule has 0 saturated heterocycles. The van der Waals surface area contributed by atoms with E-state index in [1.807, 2.05) is 18.2 Å². The summed E-state index contributed by atoms with van der Waals surface area (Å²) in [5.74, 6) is 0. The van der Waals surface area contributed by atoms with Crippen LogP contribution in [0.2, 0.25) is 0 Å². The lowest BCUT2D eigenvalue weighted by molar-refractivity contribution is 0.284. The van der Waals surface area contributed by atoms with E-state index in [0.717, 1.165) is 19.6 Å². The third-order valence-corrected chi connectivity index (χ3v) is 2.58. The Bertz CT molecular complexity index is 242. The summed E-state index contributed by atoms with van der Waals surface area (Å²) in [6.07, 6.45) is 0. The third-order valence-electron chi connectivity index (χ3n) is 2.58. The van der Waals surface area contributed by atoms with Crippen LogP contribution in [-0.2, 0) is 0 Å². The maximum atomic E-state index is 6.11. The standard InChI is InChI=1S/C12H20N2/c1-3-14(4-2)10-12(13)11-8-6-5-7-9-11/h5-9,12H,3-4,10,13H2,1-2H3/t12-/m0/s1. The van der Waals surface area contributed by atoms with Crippen LogP contribution in [0.25, 0.3) is 0 Å². The Labute approximate surface area is 86.7 Å². The number of rotatable bonds is 5. The fraction of sp³-hybridized carbons (Fsp3) is 0.500. The van der Waals surface area contributed by atoms with Crippen molar-refractivity contribution in [3.63, 3.8) is 0 Å². The first kappa shape index (κ1) is 11.2. The number of hydrogen-bond donors (Lipinski definition) is 1. The molecule has 1 aromatic carbocycles. The number of hydrogen-bond acceptors (Lipinski definition) is 2. The van der Waals surface area contributed by atoms with Crippen LogP contribution in [0.1, 0.15) is 25.5 Å². The van der Waals surface area contributed by atoms with E-state index in [2.05, 4.69) is 30.9 Å². The minimum Gasteiger partial charge on any atom is -0.323 e. The first-order chi connectivity index (χ1) is 6.77. The first-order valence-electron chi connectivity index (χ1n) is 5.30. The quantitative estimate of drug-likeness (QED) is 0.773. The molecule has 0 aromatic heterocycles. The average Bonchev–Trinajstić information content (AvgIpc) is 2.26. The molecule has 2 N–H and O–H groups in total. The van der Waals surface area contributed by atoms with Crippen LogP contribution < -0.4 is 5.73 Å². The highest BCUT2D eigenvalue weighted by Gasteiger charge is 2.08. The van der Waals surface area contributed by atoms with Crippen molar-refractivity contribution in [2.75, 3.05) is 19.6 Å². The number of benzene rings is 1. The Hall–Kier alpha value is -0.860. The van der Waals surface area contributed by atoms with Crippen LogP contribution in [0.3, 0.4) is 0 Å². The Kier molecular flexibility index (Phi) is 4.63. The zero-order chi connectivity index (χ0) is 10.4. The van der Waals surface area contributed by atoms with Crippen molar-refractivity contribution in [1.29, 1.82) is 0 Å². The molecule has 0 unspecified atom stereocenters. The maximum Gasteiger partial charge on any atom is 0.0424 e. The Morgan fingerprint density at radius 1 is 1.14 bits per heavy atom. The van der Waals surface area contributed by atoms with Gasteiger partial charge in [-0.1, -0.05) is 44.2 Å². The van der Waals surface area contributed by atoms with Gasteiger partial charge < -0.3 is 10.6 Å². The van der Waals surface area contributed by atoms with Crippen molar-refractivity contribution in [1.82, 2.24) is 4.90 Å². The van der Waals surface area contributed by atoms with Gasteiger partial charge >= 0.3 is 0 Å². The van der Waals surface area contributed by atoms with E-state index in [9.17, 15) is 0 Å². The zero-order valence-corrected chi connectivity index (χ0v) is 9.11. The molecule has 0 aliphatic rings. The molecule has 2 nitrogen and oxygen atoms in total. The Balaban J connectivity index is 2.54. The van der Waals surface area contributed by atoms with E-state index in [4.69, 9.17) is 5.73 Å². The summed E-state index contributed by atoms with van der Waals surface area (Å²) in [6.45, 7) is 7.41. The van der Waals surface area contributed by atoms with Crippen molar-refractivity contribution in [3.8, 4) is 0 Å². The van der Waals surface area contributed by atoms with E-state index in [-0.39, 0.29) is 6.04 Å². The Morgan fingerprint density at radius 2 is 1.71 bits per heavy atom. The van der Waals surface area contributed by atoms with Gasteiger partial charge in [0.05, 0.1) is 0 Å². The molecule has 0 spiro atoms. The molecule has 1 rings (SSSR count). The highest BCUT2D eigenvalue weighted by molar-refractivity contribution is 5.18. The SMILES string of the molecule is CCN(CC)C[C@H](N)c1ccccc1. The summed E-state index contributed by atoms with van der Waals surface area (Å²) in [4.78, 5) is 2.34. The average molecular weight is 192 g/mol. The van der Waals surface area contributed by atoms with Crippen molar-refractivity contribution >= 4 is 0 Å². The van der Waals surface area contributed by atoms with Crippen molar-refractivity contribution < 1.29 is 0 Å². The number of likely N-dealkylation sites (N-methyl/N-ethyl adjacent to an activating group) is 1. The van der Waals surface area contributed by atoms with Gasteiger partial charge in [-0.3, -0.25) is 0 Å². The molecule has 0 fully saturated rings. The van der Waals surface area contributed by atoms with Gasteiger partial charge in [0.1, 0.15) is 0 Å². The molecule has 0 amide bonds. The molecule has 1 aromatic rings. The topological polar surface area (TPSA) is 29.3 Å². The van der Waals surface area contributed by atoms with E-state index in [1.54, 1.807) is 0 Å². The van der Waals surface area contributed by atoms with Crippen LogP contribution in [0, 0.1) is 0 Å². The van der Waals surface area contributed by atoms with Crippen LogP contribution in [0.15, 0.2) is 30.3 Å². The van der Waals surface area contributed by atoms with Gasteiger partial charge in [-0.05, 0) is 18.7 Å². The van der Waals surface area contributed by atoms with Crippen LogP contribution in [0.4, 0.5) is 0 Å². The summed E-state index contributed by atoms with van der Waals surface area (Å²) in [7, 11) is 0. The van der Waals surface area contributed by atoms with E-state index in [0.29, 0.717) is 0 Å². The molecule has 1 atom stereocenters. The molecule has 2 heteroatoms. The van der Waals surface area contributed by atoms with Crippen molar-refractivity contribution in [2.24, 2.45) is 5.73 Å². The second-order valence-electron chi connectivity index (χ2n) is 3.50. The Morgan fingerprint density at radius 3 is 2.21 bits per heavy atom. The highest BCUT2D eigenvalue weighted by Crippen LogP contribution is 2.10. The highest BCUT2D eigenvalue weighted by atomic mass is 15.1. The third kappa shape index (κ3) is 3.13. The van der Waals surface area contributed by atoms with Crippen LogP contribution in [-0.4, -0.2) is 24.5 Å². The van der Waals surface area contributed by atoms with Crippen LogP contribution in [0.5, 0.6) is 0 Å². The summed E-state index contributed by atoms with van der Waals surface area (Å²) < 4.78 is 0. The van der Waals surface area contributed by atoms with E-state index >= 15 is 0 Å². The molecule has 0 aliphatic carbocycles. The molecule has 0 saturated carbocycles. The minimum atomic E-state index is 0.135. The lowest BCUT2D eigenvalue weighted by atomic mass is 10.1. The molecular formula is C12H20N2. The lowest BCUT2D eigenvalue weighted by Crippen LogP contribution is -2.31. The predicted molar refractivity (Wildman–Crippen MR) is 61.2 cm³/mol. The minimum absolute atomic E-state index is 0.135. The normalized spacial score (nSPS) is 13.1. The molecule has 0 aliphatic heterocycles. The molecular weight excluding hydrogens is 172 g/mol. The van der Waals surface area contributed by atoms with Crippen molar-refractivity contribution in [3.05, 3.63) is 35.9 Å². The first-order valence-corrected chi connectivity index (χ1v) is 5.30. The van der Waals surface area contributed by atoms with Crippen molar-refractivity contribution in [2.45, 2.75) is 19.9 Å². The molecule has 0 bridgehead atoms. The fourth-order valence-electron chi connectivity index (χ4n) is 1.57. The molecule has 0 radical (unpaired) electrons. The van der Waals surface area contributed by atoms with Gasteiger partial charge in [-0.15, -0.1) is 0 Å². The molecule has 14 heavy (non-hydrogen) atoms. The second-order valence-corrected chi connectivity index (χ2v) is 3.50. The maximum absolute atomic E-state index is 6.11. The monoisotopic (exact) mass is 192 g/mol. The molecule has 0 heterocycles. The summed E-state index contributed by atoms with van der Waals surface area (Å²) >= 11 is 0. The predicted octanol–water partition coefficient (Wildman–Crippen LogP) is 2.03. The van der Waals surface area contributed by atoms with Gasteiger partial charge in [-0.25, -0.2) is 0 Å². The van der Waals surface area contributed by atoms with E-state index < -0.39 is 0 Å². The molecule has 78 valence electrons. The summed E-state index contributed by atoms with van der Waals surface area (Å²) in [5.41, 5.74) is 7.33.